The maximum atomic E-state index is 12.9. The van der Waals surface area contributed by atoms with E-state index in [-0.39, 0.29) is 43.9 Å². The smallest absolute Gasteiger partial charge is 0.326 e. The molecule has 12 N–H and O–H groups in total. The summed E-state index contributed by atoms with van der Waals surface area (Å²) in [5, 5.41) is 23.8. The fraction of sp³-hybridized carbons (Fsp3) is 0.450. The Hall–Kier alpha value is -3.87. The third-order valence-electron chi connectivity index (χ3n) is 4.61. The number of amides is 3. The fourth-order valence-electron chi connectivity index (χ4n) is 2.82. The highest BCUT2D eigenvalue weighted by molar-refractivity contribution is 5.92. The Morgan fingerprint density at radius 3 is 2.09 bits per heavy atom. The van der Waals surface area contributed by atoms with E-state index in [4.69, 9.17) is 22.9 Å². The molecular weight excluding hydrogens is 434 g/mol. The summed E-state index contributed by atoms with van der Waals surface area (Å²) in [6, 6.07) is 2.43. The van der Waals surface area contributed by atoms with Crippen LogP contribution in [0.4, 0.5) is 0 Å². The number of carbonyl (C=O) groups is 4. The number of nitrogens with two attached hydrogens (primary N) is 4. The molecule has 1 aromatic carbocycles. The average Bonchev–Trinajstić information content (AvgIpc) is 2.74. The van der Waals surface area contributed by atoms with E-state index >= 15 is 0 Å². The number of carbonyl (C=O) groups excluding carboxylic acids is 3. The number of nitrogens with zero attached hydrogens (tertiary/aromatic N) is 1. The number of carboxylic acid groups (broad SMARTS) is 1. The molecule has 1 aromatic rings. The lowest BCUT2D eigenvalue weighted by Gasteiger charge is -2.23. The Bertz CT molecular complexity index is 855. The highest BCUT2D eigenvalue weighted by Gasteiger charge is 2.28. The SMILES string of the molecule is NC(=O)CC[C@H](N)C(=O)N[C@@H](Cc1ccc(O)cc1)C(=O)N[C@@H](CCCN=C(N)N)C(=O)O. The molecule has 0 saturated carbocycles. The number of aromatic hydroxyl groups is 1. The minimum atomic E-state index is -1.26. The van der Waals surface area contributed by atoms with Gasteiger partial charge in [0.05, 0.1) is 6.04 Å². The fourth-order valence-corrected chi connectivity index (χ4v) is 2.82. The number of aliphatic imine (C=N–C) groups is 1. The van der Waals surface area contributed by atoms with Crippen molar-refractivity contribution in [2.24, 2.45) is 27.9 Å². The van der Waals surface area contributed by atoms with Crippen molar-refractivity contribution in [3.63, 3.8) is 0 Å². The number of aliphatic carboxylic acids is 1. The summed E-state index contributed by atoms with van der Waals surface area (Å²) in [4.78, 5) is 51.6. The summed E-state index contributed by atoms with van der Waals surface area (Å²) in [5.41, 5.74) is 21.9. The Labute approximate surface area is 190 Å². The molecule has 0 saturated heterocycles. The van der Waals surface area contributed by atoms with Gasteiger partial charge in [0.15, 0.2) is 5.96 Å². The van der Waals surface area contributed by atoms with Crippen LogP contribution in [0.3, 0.4) is 0 Å². The summed E-state index contributed by atoms with van der Waals surface area (Å²) in [5.74, 6) is -3.44. The van der Waals surface area contributed by atoms with Gasteiger partial charge in [-0.3, -0.25) is 19.4 Å². The number of rotatable bonds is 14. The largest absolute Gasteiger partial charge is 0.508 e. The average molecular weight is 466 g/mol. The van der Waals surface area contributed by atoms with Crippen LogP contribution in [0, 0.1) is 0 Å². The summed E-state index contributed by atoms with van der Waals surface area (Å²) in [7, 11) is 0. The maximum Gasteiger partial charge on any atom is 0.326 e. The van der Waals surface area contributed by atoms with Gasteiger partial charge in [-0.2, -0.15) is 0 Å². The molecule has 0 aliphatic rings. The van der Waals surface area contributed by atoms with Crippen molar-refractivity contribution in [3.05, 3.63) is 29.8 Å². The minimum absolute atomic E-state index is 0.000726. The quantitative estimate of drug-likeness (QED) is 0.0829. The molecule has 0 aliphatic carbocycles. The highest BCUT2D eigenvalue weighted by atomic mass is 16.4. The number of phenolic OH excluding ortho intramolecular Hbond substituents is 1. The van der Waals surface area contributed by atoms with Crippen molar-refractivity contribution in [2.75, 3.05) is 6.54 Å². The van der Waals surface area contributed by atoms with Crippen LogP contribution in [-0.4, -0.2) is 64.5 Å². The van der Waals surface area contributed by atoms with Crippen molar-refractivity contribution in [1.29, 1.82) is 0 Å². The van der Waals surface area contributed by atoms with Gasteiger partial charge >= 0.3 is 5.97 Å². The van der Waals surface area contributed by atoms with Crippen molar-refractivity contribution in [1.82, 2.24) is 10.6 Å². The lowest BCUT2D eigenvalue weighted by atomic mass is 10.0. The molecule has 13 heteroatoms. The van der Waals surface area contributed by atoms with E-state index in [9.17, 15) is 29.4 Å². The Morgan fingerprint density at radius 2 is 1.55 bits per heavy atom. The number of hydrogen-bond donors (Lipinski definition) is 8. The first-order valence-corrected chi connectivity index (χ1v) is 10.2. The highest BCUT2D eigenvalue weighted by Crippen LogP contribution is 2.12. The van der Waals surface area contributed by atoms with Crippen molar-refractivity contribution in [2.45, 2.75) is 50.2 Å². The number of nitrogens with one attached hydrogen (secondary N) is 2. The van der Waals surface area contributed by atoms with Gasteiger partial charge in [-0.15, -0.1) is 0 Å². The molecule has 0 unspecified atom stereocenters. The zero-order chi connectivity index (χ0) is 25.0. The molecule has 0 spiro atoms. The van der Waals surface area contributed by atoms with Gasteiger partial charge in [0.25, 0.3) is 0 Å². The second-order valence-corrected chi connectivity index (χ2v) is 7.39. The van der Waals surface area contributed by atoms with Gasteiger partial charge in [-0.1, -0.05) is 12.1 Å². The maximum absolute atomic E-state index is 12.9. The monoisotopic (exact) mass is 465 g/mol. The van der Waals surface area contributed by atoms with E-state index in [0.717, 1.165) is 0 Å². The van der Waals surface area contributed by atoms with Gasteiger partial charge in [0.1, 0.15) is 17.8 Å². The Balaban J connectivity index is 2.92. The van der Waals surface area contributed by atoms with Gasteiger partial charge in [0, 0.05) is 19.4 Å². The van der Waals surface area contributed by atoms with Crippen LogP contribution in [-0.2, 0) is 25.6 Å². The number of hydrogen-bond acceptors (Lipinski definition) is 7. The summed E-state index contributed by atoms with van der Waals surface area (Å²) in [6.07, 6.45) is 0.219. The third kappa shape index (κ3) is 10.8. The van der Waals surface area contributed by atoms with E-state index in [1.807, 2.05) is 0 Å². The van der Waals surface area contributed by atoms with Crippen LogP contribution >= 0.6 is 0 Å². The first kappa shape index (κ1) is 27.2. The predicted molar refractivity (Wildman–Crippen MR) is 120 cm³/mol. The molecule has 3 atom stereocenters. The second-order valence-electron chi connectivity index (χ2n) is 7.39. The Morgan fingerprint density at radius 1 is 0.939 bits per heavy atom. The molecule has 0 heterocycles. The predicted octanol–water partition coefficient (Wildman–Crippen LogP) is -2.36. The number of phenols is 1. The first-order valence-electron chi connectivity index (χ1n) is 10.2. The Kier molecular flexibility index (Phi) is 11.1. The van der Waals surface area contributed by atoms with E-state index < -0.39 is 41.8 Å². The van der Waals surface area contributed by atoms with Crippen molar-refractivity contribution >= 4 is 29.7 Å². The molecular formula is C20H31N7O6. The van der Waals surface area contributed by atoms with Crippen LogP contribution in [0.25, 0.3) is 0 Å². The van der Waals surface area contributed by atoms with E-state index in [1.54, 1.807) is 12.1 Å². The van der Waals surface area contributed by atoms with E-state index in [2.05, 4.69) is 15.6 Å². The number of primary amides is 1. The van der Waals surface area contributed by atoms with Gasteiger partial charge in [0.2, 0.25) is 17.7 Å². The van der Waals surface area contributed by atoms with Gasteiger partial charge in [-0.25, -0.2) is 4.79 Å². The topological polar surface area (TPSA) is 249 Å². The van der Waals surface area contributed by atoms with Crippen LogP contribution < -0.4 is 33.6 Å². The molecule has 3 amide bonds. The van der Waals surface area contributed by atoms with Gasteiger partial charge in [-0.05, 0) is 37.0 Å². The lowest BCUT2D eigenvalue weighted by molar-refractivity contribution is -0.142. The molecule has 0 aliphatic heterocycles. The molecule has 0 bridgehead atoms. The van der Waals surface area contributed by atoms with E-state index in [0.29, 0.717) is 12.0 Å². The van der Waals surface area contributed by atoms with Crippen LogP contribution in [0.2, 0.25) is 0 Å². The number of benzene rings is 1. The molecule has 13 nitrogen and oxygen atoms in total. The first-order chi connectivity index (χ1) is 15.5. The molecule has 1 rings (SSSR count). The zero-order valence-corrected chi connectivity index (χ0v) is 18.1. The molecule has 182 valence electrons. The second kappa shape index (κ2) is 13.5. The molecule has 0 radical (unpaired) electrons. The minimum Gasteiger partial charge on any atom is -0.508 e. The third-order valence-corrected chi connectivity index (χ3v) is 4.61. The van der Waals surface area contributed by atoms with Gasteiger partial charge < -0.3 is 43.8 Å². The molecule has 0 aromatic heterocycles. The van der Waals surface area contributed by atoms with Crippen LogP contribution in [0.5, 0.6) is 5.75 Å². The van der Waals surface area contributed by atoms with Crippen LogP contribution in [0.15, 0.2) is 29.3 Å². The number of carboxylic acids is 1. The molecule has 0 fully saturated rings. The summed E-state index contributed by atoms with van der Waals surface area (Å²) < 4.78 is 0. The standard InChI is InChI=1S/C20H31N7O6/c21-13(7-8-16(22)29)17(30)27-15(10-11-3-5-12(28)6-4-11)18(31)26-14(19(32)33)2-1-9-25-20(23)24/h3-6,13-15,28H,1-2,7-10,21H2,(H2,22,29)(H,26,31)(H,27,30)(H,32,33)(H4,23,24,25)/t13-,14-,15-/m0/s1. The van der Waals surface area contributed by atoms with E-state index in [1.165, 1.54) is 12.1 Å². The summed E-state index contributed by atoms with van der Waals surface area (Å²) in [6.45, 7) is 0.185. The normalized spacial score (nSPS) is 13.2. The van der Waals surface area contributed by atoms with Crippen molar-refractivity contribution in [3.8, 4) is 5.75 Å². The lowest BCUT2D eigenvalue weighted by Crippen LogP contribution is -2.55. The van der Waals surface area contributed by atoms with Crippen molar-refractivity contribution < 1.29 is 29.4 Å². The summed E-state index contributed by atoms with van der Waals surface area (Å²) >= 11 is 0. The zero-order valence-electron chi connectivity index (χ0n) is 18.1. The number of guanidine groups is 1. The molecule has 33 heavy (non-hydrogen) atoms. The van der Waals surface area contributed by atoms with Crippen LogP contribution in [0.1, 0.15) is 31.2 Å².